The summed E-state index contributed by atoms with van der Waals surface area (Å²) in [7, 11) is 0. The van der Waals surface area contributed by atoms with Crippen LogP contribution in [-0.2, 0) is 26.3 Å². The Bertz CT molecular complexity index is 2180. The van der Waals surface area contributed by atoms with Gasteiger partial charge in [0.2, 0.25) is 17.7 Å². The van der Waals surface area contributed by atoms with E-state index in [1.165, 1.54) is 28.8 Å². The van der Waals surface area contributed by atoms with Gasteiger partial charge in [-0.1, -0.05) is 98.5 Å². The van der Waals surface area contributed by atoms with Crippen LogP contribution >= 0.6 is 23.1 Å². The van der Waals surface area contributed by atoms with Crippen molar-refractivity contribution in [1.29, 1.82) is 0 Å². The van der Waals surface area contributed by atoms with Gasteiger partial charge in [0.25, 0.3) is 5.69 Å². The molecule has 10 nitrogen and oxygen atoms in total. The Morgan fingerprint density at radius 3 is 2.25 bits per heavy atom. The van der Waals surface area contributed by atoms with Gasteiger partial charge in [-0.05, 0) is 51.6 Å². The topological polar surface area (TPSA) is 132 Å². The minimum atomic E-state index is -0.878. The molecule has 242 valence electrons. The number of amides is 3. The van der Waals surface area contributed by atoms with E-state index in [9.17, 15) is 29.3 Å². The van der Waals surface area contributed by atoms with Gasteiger partial charge in [0.15, 0.2) is 0 Å². The third-order valence-electron chi connectivity index (χ3n) is 8.84. The first kappa shape index (κ1) is 31.5. The molecule has 48 heavy (non-hydrogen) atoms. The number of rotatable bonds is 6. The van der Waals surface area contributed by atoms with Gasteiger partial charge in [0.1, 0.15) is 11.8 Å². The Kier molecular flexibility index (Phi) is 7.80. The van der Waals surface area contributed by atoms with Crippen LogP contribution in [0.1, 0.15) is 42.7 Å². The highest BCUT2D eigenvalue weighted by molar-refractivity contribution is 8.00. The van der Waals surface area contributed by atoms with Gasteiger partial charge in [-0.25, -0.2) is 4.90 Å². The van der Waals surface area contributed by atoms with Crippen LogP contribution in [0.4, 0.5) is 17.1 Å². The number of anilines is 2. The van der Waals surface area contributed by atoms with Crippen LogP contribution in [0, 0.1) is 16.0 Å². The first-order valence-electron chi connectivity index (χ1n) is 15.3. The van der Waals surface area contributed by atoms with E-state index in [4.69, 9.17) is 0 Å². The summed E-state index contributed by atoms with van der Waals surface area (Å²) in [5.74, 6) is -2.77. The van der Waals surface area contributed by atoms with E-state index in [2.05, 4.69) is 26.1 Å². The number of fused-ring (bicyclic) bond motifs is 3. The molecule has 0 saturated carbocycles. The lowest BCUT2D eigenvalue weighted by Gasteiger charge is -2.31. The lowest BCUT2D eigenvalue weighted by Crippen LogP contribution is -2.33. The first-order valence-corrected chi connectivity index (χ1v) is 17.0. The van der Waals surface area contributed by atoms with Crippen LogP contribution in [0.5, 0.6) is 0 Å². The average molecular weight is 679 g/mol. The summed E-state index contributed by atoms with van der Waals surface area (Å²) in [4.78, 5) is 67.1. The zero-order valence-electron chi connectivity index (χ0n) is 26.2. The van der Waals surface area contributed by atoms with Crippen molar-refractivity contribution in [3.05, 3.63) is 127 Å². The predicted molar refractivity (Wildman–Crippen MR) is 187 cm³/mol. The number of aromatic nitrogens is 1. The number of hydrogen-bond donors (Lipinski definition) is 1. The normalized spacial score (nSPS) is 18.9. The van der Waals surface area contributed by atoms with Crippen LogP contribution in [0.3, 0.4) is 0 Å². The van der Waals surface area contributed by atoms with Crippen molar-refractivity contribution in [3.8, 4) is 0 Å². The molecule has 5 aromatic rings. The molecule has 0 radical (unpaired) electrons. The zero-order valence-corrected chi connectivity index (χ0v) is 27.8. The maximum Gasteiger partial charge on any atom is 0.308 e. The van der Waals surface area contributed by atoms with Crippen LogP contribution in [0.2, 0.25) is 0 Å². The highest BCUT2D eigenvalue weighted by atomic mass is 32.2. The third-order valence-corrected chi connectivity index (χ3v) is 11.4. The summed E-state index contributed by atoms with van der Waals surface area (Å²) in [6, 6.07) is 26.6. The maximum absolute atomic E-state index is 14.2. The number of non-ortho nitro benzene ring substituents is 1. The van der Waals surface area contributed by atoms with E-state index < -0.39 is 39.7 Å². The van der Waals surface area contributed by atoms with E-state index in [0.29, 0.717) is 15.6 Å². The largest absolute Gasteiger partial charge is 0.325 e. The number of carbonyl (C=O) groups is 3. The number of nitro benzene ring substituents is 1. The SMILES string of the molecule is CC(C)(C)c1ccc(C2c3sc(=O)n(CC(=O)Nc4ccc5ccccc5c4)c3SC3C(=O)N(c4ccc([N+](=O)[O-])cc4)C(=O)C32)cc1. The molecule has 3 atom stereocenters. The summed E-state index contributed by atoms with van der Waals surface area (Å²) in [6.07, 6.45) is 0. The Morgan fingerprint density at radius 1 is 0.896 bits per heavy atom. The monoisotopic (exact) mass is 678 g/mol. The van der Waals surface area contributed by atoms with Gasteiger partial charge in [0, 0.05) is 28.6 Å². The lowest BCUT2D eigenvalue weighted by molar-refractivity contribution is -0.384. The molecule has 0 spiro atoms. The van der Waals surface area contributed by atoms with Gasteiger partial charge in [-0.2, -0.15) is 0 Å². The molecule has 3 unspecified atom stereocenters. The van der Waals surface area contributed by atoms with Crippen molar-refractivity contribution in [2.75, 3.05) is 10.2 Å². The molecule has 1 N–H and O–H groups in total. The number of benzene rings is 4. The number of hydrogen-bond acceptors (Lipinski definition) is 8. The Morgan fingerprint density at radius 2 is 1.58 bits per heavy atom. The van der Waals surface area contributed by atoms with E-state index in [1.54, 1.807) is 6.07 Å². The number of carbonyl (C=O) groups excluding carboxylic acids is 3. The minimum Gasteiger partial charge on any atom is -0.325 e. The second-order valence-electron chi connectivity index (χ2n) is 12.9. The fourth-order valence-corrected chi connectivity index (χ4v) is 9.17. The predicted octanol–water partition coefficient (Wildman–Crippen LogP) is 6.70. The maximum atomic E-state index is 14.2. The quantitative estimate of drug-likeness (QED) is 0.120. The molecule has 1 aromatic heterocycles. The summed E-state index contributed by atoms with van der Waals surface area (Å²) in [6.45, 7) is 6.03. The fourth-order valence-electron chi connectivity index (χ4n) is 6.39. The molecule has 12 heteroatoms. The number of thiazole rings is 1. The number of nitro groups is 1. The Balaban J connectivity index is 1.26. The standard InChI is InChI=1S/C36H30N4O6S2/c1-36(2,3)23-11-8-21(9-12-23)28-29-30(33(43)39(32(29)42)25-14-16-26(17-15-25)40(45)46)47-34-31(28)48-35(44)38(34)19-27(41)37-24-13-10-20-6-4-5-7-22(20)18-24/h4-18,28-30H,19H2,1-3H3,(H,37,41). The van der Waals surface area contributed by atoms with Crippen molar-refractivity contribution in [2.45, 2.75) is 48.9 Å². The molecule has 4 aromatic carbocycles. The van der Waals surface area contributed by atoms with Gasteiger partial charge < -0.3 is 5.32 Å². The lowest BCUT2D eigenvalue weighted by atomic mass is 9.81. The van der Waals surface area contributed by atoms with Crippen LogP contribution < -0.4 is 15.1 Å². The van der Waals surface area contributed by atoms with Crippen molar-refractivity contribution in [3.63, 3.8) is 0 Å². The van der Waals surface area contributed by atoms with Crippen molar-refractivity contribution < 1.29 is 19.3 Å². The first-order chi connectivity index (χ1) is 22.9. The summed E-state index contributed by atoms with van der Waals surface area (Å²) < 4.78 is 1.39. The van der Waals surface area contributed by atoms with E-state index in [-0.39, 0.29) is 28.2 Å². The minimum absolute atomic E-state index is 0.118. The number of nitrogens with one attached hydrogen (secondary N) is 1. The number of nitrogens with zero attached hydrogens (tertiary/aromatic N) is 3. The Hall–Kier alpha value is -5.07. The van der Waals surface area contributed by atoms with Crippen molar-refractivity contribution in [1.82, 2.24) is 4.57 Å². The van der Waals surface area contributed by atoms with Crippen molar-refractivity contribution >= 4 is 68.7 Å². The van der Waals surface area contributed by atoms with Gasteiger partial charge in [0.05, 0.1) is 21.6 Å². The van der Waals surface area contributed by atoms with E-state index in [1.807, 2.05) is 60.7 Å². The fraction of sp³-hybridized carbons (Fsp3) is 0.222. The molecule has 2 aliphatic heterocycles. The zero-order chi connectivity index (χ0) is 33.9. The highest BCUT2D eigenvalue weighted by Crippen LogP contribution is 2.54. The van der Waals surface area contributed by atoms with Crippen molar-refractivity contribution in [2.24, 2.45) is 5.92 Å². The van der Waals surface area contributed by atoms with E-state index >= 15 is 0 Å². The van der Waals surface area contributed by atoms with E-state index in [0.717, 1.165) is 49.9 Å². The molecule has 0 aliphatic carbocycles. The molecular formula is C36H30N4O6S2. The third kappa shape index (κ3) is 5.50. The van der Waals surface area contributed by atoms with Gasteiger partial charge >= 0.3 is 4.87 Å². The van der Waals surface area contributed by atoms with Crippen LogP contribution in [0.15, 0.2) is 101 Å². The number of imide groups is 1. The summed E-state index contributed by atoms with van der Waals surface area (Å²) in [5.41, 5.74) is 2.42. The molecular weight excluding hydrogens is 649 g/mol. The molecule has 7 rings (SSSR count). The molecule has 2 aliphatic rings. The van der Waals surface area contributed by atoms with Gasteiger partial charge in [-0.3, -0.25) is 33.9 Å². The number of thioether (sulfide) groups is 1. The molecule has 0 bridgehead atoms. The highest BCUT2D eigenvalue weighted by Gasteiger charge is 2.57. The smallest absolute Gasteiger partial charge is 0.308 e. The molecule has 3 amide bonds. The van der Waals surface area contributed by atoms with Gasteiger partial charge in [-0.15, -0.1) is 0 Å². The second kappa shape index (κ2) is 11.9. The summed E-state index contributed by atoms with van der Waals surface area (Å²) in [5, 5.41) is 15.7. The Labute approximate surface area is 283 Å². The summed E-state index contributed by atoms with van der Waals surface area (Å²) >= 11 is 2.11. The molecule has 3 heterocycles. The molecule has 1 saturated heterocycles. The van der Waals surface area contributed by atoms with Crippen LogP contribution in [-0.4, -0.2) is 32.5 Å². The average Bonchev–Trinajstić information content (AvgIpc) is 3.50. The second-order valence-corrected chi connectivity index (χ2v) is 15.1. The molecule has 1 fully saturated rings. The van der Waals surface area contributed by atoms with Crippen LogP contribution in [0.25, 0.3) is 10.8 Å².